The number of β-lactam (4-membered cyclic amide) rings is 1. The number of ether oxygens (including phenoxy) is 1. The molecule has 0 aromatic carbocycles. The topological polar surface area (TPSA) is 112 Å². The number of nitrogens with two attached hydrogens (primary N) is 1. The van der Waals surface area contributed by atoms with Crippen LogP contribution in [-0.2, 0) is 14.3 Å². The minimum Gasteiger partial charge on any atom is -0.455 e. The van der Waals surface area contributed by atoms with E-state index in [0.29, 0.717) is 22.4 Å². The van der Waals surface area contributed by atoms with Gasteiger partial charge in [-0.25, -0.2) is 4.79 Å². The predicted molar refractivity (Wildman–Crippen MR) is 89.0 cm³/mol. The van der Waals surface area contributed by atoms with Crippen molar-refractivity contribution in [1.82, 2.24) is 15.1 Å². The summed E-state index contributed by atoms with van der Waals surface area (Å²) in [5.41, 5.74) is 6.29. The SMILES string of the molecule is CC(C)(C)OC(=O)C1=C(CSc2nnco2)CS[C@H]2C(N)C(=O)N12. The highest BCUT2D eigenvalue weighted by Crippen LogP contribution is 2.41. The highest BCUT2D eigenvalue weighted by atomic mass is 32.2. The van der Waals surface area contributed by atoms with Crippen LogP contribution in [0.4, 0.5) is 0 Å². The minimum atomic E-state index is -0.648. The van der Waals surface area contributed by atoms with Crippen LogP contribution in [0, 0.1) is 0 Å². The molecule has 1 fully saturated rings. The minimum absolute atomic E-state index is 0.211. The summed E-state index contributed by atoms with van der Waals surface area (Å²) in [6.07, 6.45) is 1.25. The normalized spacial score (nSPS) is 23.8. The van der Waals surface area contributed by atoms with Crippen LogP contribution in [0.15, 0.2) is 27.3 Å². The van der Waals surface area contributed by atoms with E-state index in [4.69, 9.17) is 14.9 Å². The molecule has 8 nitrogen and oxygen atoms in total. The molecule has 2 atom stereocenters. The third-order valence-electron chi connectivity index (χ3n) is 3.39. The number of nitrogens with zero attached hydrogens (tertiary/aromatic N) is 3. The van der Waals surface area contributed by atoms with Crippen LogP contribution in [0.5, 0.6) is 0 Å². The van der Waals surface area contributed by atoms with E-state index in [1.54, 1.807) is 32.5 Å². The maximum Gasteiger partial charge on any atom is 0.355 e. The third kappa shape index (κ3) is 3.31. The van der Waals surface area contributed by atoms with Gasteiger partial charge in [0.05, 0.1) is 0 Å². The van der Waals surface area contributed by atoms with Crippen molar-refractivity contribution in [2.24, 2.45) is 5.73 Å². The Balaban J connectivity index is 1.86. The lowest BCUT2D eigenvalue weighted by molar-refractivity contribution is -0.157. The molecule has 10 heteroatoms. The Bertz CT molecular complexity index is 683. The van der Waals surface area contributed by atoms with Gasteiger partial charge in [-0.3, -0.25) is 9.69 Å². The van der Waals surface area contributed by atoms with Crippen molar-refractivity contribution in [3.05, 3.63) is 17.7 Å². The molecule has 0 bridgehead atoms. The van der Waals surface area contributed by atoms with Gasteiger partial charge < -0.3 is 14.9 Å². The van der Waals surface area contributed by atoms with Crippen molar-refractivity contribution in [3.8, 4) is 0 Å². The molecule has 2 aliphatic rings. The summed E-state index contributed by atoms with van der Waals surface area (Å²) >= 11 is 2.86. The molecule has 1 aromatic heterocycles. The highest BCUT2D eigenvalue weighted by Gasteiger charge is 2.52. The summed E-state index contributed by atoms with van der Waals surface area (Å²) in [7, 11) is 0. The Labute approximate surface area is 147 Å². The summed E-state index contributed by atoms with van der Waals surface area (Å²) in [6.45, 7) is 5.37. The van der Waals surface area contributed by atoms with Crippen molar-refractivity contribution in [2.75, 3.05) is 11.5 Å². The second-order valence-electron chi connectivity index (χ2n) is 6.38. The lowest BCUT2D eigenvalue weighted by Crippen LogP contribution is -2.68. The summed E-state index contributed by atoms with van der Waals surface area (Å²) in [4.78, 5) is 26.3. The van der Waals surface area contributed by atoms with E-state index in [1.165, 1.54) is 23.1 Å². The standard InChI is InChI=1S/C14H18N4O4S2/c1-14(2,3)22-12(20)9-7(5-24-13-17-16-6-21-13)4-23-11-8(15)10(19)18(9)11/h6,8,11H,4-5,15H2,1-3H3/t8?,11-/m0/s1. The molecule has 0 saturated carbocycles. The number of amides is 1. The molecule has 0 radical (unpaired) electrons. The Hall–Kier alpha value is -1.52. The molecule has 1 amide bonds. The van der Waals surface area contributed by atoms with E-state index in [0.717, 1.165) is 5.57 Å². The molecule has 1 unspecified atom stereocenters. The first-order chi connectivity index (χ1) is 11.3. The number of aromatic nitrogens is 2. The maximum atomic E-state index is 12.6. The molecule has 1 saturated heterocycles. The number of rotatable bonds is 4. The number of carbonyl (C=O) groups excluding carboxylic acids is 2. The van der Waals surface area contributed by atoms with Crippen LogP contribution in [-0.4, -0.2) is 55.5 Å². The lowest BCUT2D eigenvalue weighted by atomic mass is 10.0. The molecule has 2 N–H and O–H groups in total. The van der Waals surface area contributed by atoms with Gasteiger partial charge in [0.15, 0.2) is 0 Å². The number of esters is 1. The largest absolute Gasteiger partial charge is 0.455 e. The fraction of sp³-hybridized carbons (Fsp3) is 0.571. The number of hydrogen-bond acceptors (Lipinski definition) is 9. The van der Waals surface area contributed by atoms with Crippen molar-refractivity contribution >= 4 is 35.4 Å². The smallest absolute Gasteiger partial charge is 0.355 e. The van der Waals surface area contributed by atoms with Gasteiger partial charge in [-0.15, -0.1) is 22.0 Å². The number of carbonyl (C=O) groups is 2. The molecule has 0 aliphatic carbocycles. The van der Waals surface area contributed by atoms with Gasteiger partial charge in [0.2, 0.25) is 12.3 Å². The summed E-state index contributed by atoms with van der Waals surface area (Å²) in [6, 6.07) is -0.572. The van der Waals surface area contributed by atoms with Crippen LogP contribution >= 0.6 is 23.5 Å². The number of fused-ring (bicyclic) bond motifs is 1. The van der Waals surface area contributed by atoms with Crippen LogP contribution in [0.1, 0.15) is 20.8 Å². The number of hydrogen-bond donors (Lipinski definition) is 1. The molecule has 130 valence electrons. The monoisotopic (exact) mass is 370 g/mol. The van der Waals surface area contributed by atoms with Gasteiger partial charge in [0, 0.05) is 11.5 Å². The third-order valence-corrected chi connectivity index (χ3v) is 5.67. The quantitative estimate of drug-likeness (QED) is 0.471. The fourth-order valence-corrected chi connectivity index (χ4v) is 4.56. The zero-order chi connectivity index (χ0) is 17.5. The van der Waals surface area contributed by atoms with Crippen LogP contribution in [0.3, 0.4) is 0 Å². The van der Waals surface area contributed by atoms with E-state index < -0.39 is 17.6 Å². The van der Waals surface area contributed by atoms with Gasteiger partial charge in [0.25, 0.3) is 5.22 Å². The number of thioether (sulfide) groups is 2. The Morgan fingerprint density at radius 2 is 2.33 bits per heavy atom. The van der Waals surface area contributed by atoms with Gasteiger partial charge in [-0.05, 0) is 26.3 Å². The Morgan fingerprint density at radius 1 is 1.58 bits per heavy atom. The van der Waals surface area contributed by atoms with Gasteiger partial charge in [0.1, 0.15) is 22.7 Å². The Kier molecular flexibility index (Phi) is 4.63. The van der Waals surface area contributed by atoms with E-state index in [2.05, 4.69) is 10.2 Å². The fourth-order valence-electron chi connectivity index (χ4n) is 2.38. The average Bonchev–Trinajstić information content (AvgIpc) is 3.02. The van der Waals surface area contributed by atoms with E-state index in [9.17, 15) is 9.59 Å². The van der Waals surface area contributed by atoms with E-state index in [-0.39, 0.29) is 11.3 Å². The Morgan fingerprint density at radius 3 is 2.96 bits per heavy atom. The molecular weight excluding hydrogens is 352 g/mol. The second kappa shape index (κ2) is 6.41. The zero-order valence-electron chi connectivity index (χ0n) is 13.5. The van der Waals surface area contributed by atoms with Crippen molar-refractivity contribution in [2.45, 2.75) is 43.0 Å². The summed E-state index contributed by atoms with van der Waals surface area (Å²) < 4.78 is 10.6. The second-order valence-corrected chi connectivity index (χ2v) is 8.41. The molecule has 3 heterocycles. The molecule has 0 spiro atoms. The molecule has 2 aliphatic heterocycles. The van der Waals surface area contributed by atoms with Crippen molar-refractivity contribution < 1.29 is 18.7 Å². The van der Waals surface area contributed by atoms with Gasteiger partial charge in [-0.1, -0.05) is 11.8 Å². The average molecular weight is 370 g/mol. The van der Waals surface area contributed by atoms with Crippen LogP contribution < -0.4 is 5.73 Å². The van der Waals surface area contributed by atoms with Crippen molar-refractivity contribution in [1.29, 1.82) is 0 Å². The lowest BCUT2D eigenvalue weighted by Gasteiger charge is -2.48. The molecule has 3 rings (SSSR count). The van der Waals surface area contributed by atoms with E-state index in [1.807, 2.05) is 0 Å². The zero-order valence-corrected chi connectivity index (χ0v) is 15.1. The molecule has 24 heavy (non-hydrogen) atoms. The molecule has 1 aromatic rings. The van der Waals surface area contributed by atoms with Crippen LogP contribution in [0.2, 0.25) is 0 Å². The van der Waals surface area contributed by atoms with E-state index >= 15 is 0 Å². The summed E-state index contributed by atoms with van der Waals surface area (Å²) in [5, 5.41) is 7.62. The first-order valence-electron chi connectivity index (χ1n) is 7.32. The summed E-state index contributed by atoms with van der Waals surface area (Å²) in [5.74, 6) is 0.287. The first kappa shape index (κ1) is 17.3. The first-order valence-corrected chi connectivity index (χ1v) is 9.36. The maximum absolute atomic E-state index is 12.6. The van der Waals surface area contributed by atoms with Gasteiger partial charge >= 0.3 is 5.97 Å². The highest BCUT2D eigenvalue weighted by molar-refractivity contribution is 8.01. The van der Waals surface area contributed by atoms with Gasteiger partial charge in [-0.2, -0.15) is 0 Å². The predicted octanol–water partition coefficient (Wildman–Crippen LogP) is 1.000. The van der Waals surface area contributed by atoms with Crippen LogP contribution in [0.25, 0.3) is 0 Å². The van der Waals surface area contributed by atoms with Crippen molar-refractivity contribution in [3.63, 3.8) is 0 Å². The molecular formula is C14H18N4O4S2.